The number of carbonyl (C=O) groups excluding carboxylic acids is 3. The molecule has 1 N–H and O–H groups in total. The van der Waals surface area contributed by atoms with E-state index >= 15 is 0 Å². The zero-order chi connectivity index (χ0) is 20.4. The number of imide groups is 1. The molecule has 0 aliphatic rings. The smallest absolute Gasteiger partial charge is 0.305 e. The van der Waals surface area contributed by atoms with E-state index in [1.54, 1.807) is 6.92 Å². The summed E-state index contributed by atoms with van der Waals surface area (Å²) in [6, 6.07) is 7.67. The van der Waals surface area contributed by atoms with Gasteiger partial charge in [0, 0.05) is 24.6 Å². The van der Waals surface area contributed by atoms with Gasteiger partial charge in [-0.3, -0.25) is 19.3 Å². The van der Waals surface area contributed by atoms with Crippen molar-refractivity contribution in [3.05, 3.63) is 29.8 Å². The van der Waals surface area contributed by atoms with Crippen LogP contribution >= 0.6 is 0 Å². The van der Waals surface area contributed by atoms with Gasteiger partial charge in [-0.05, 0) is 49.8 Å². The first-order valence-electron chi connectivity index (χ1n) is 9.36. The highest BCUT2D eigenvalue weighted by molar-refractivity contribution is 6.03. The van der Waals surface area contributed by atoms with Gasteiger partial charge in [-0.1, -0.05) is 45.2 Å². The van der Waals surface area contributed by atoms with Gasteiger partial charge in [0.15, 0.2) is 0 Å². The number of carbonyl (C=O) groups is 3. The first-order valence-corrected chi connectivity index (χ1v) is 9.36. The van der Waals surface area contributed by atoms with Crippen LogP contribution in [-0.2, 0) is 20.8 Å². The first kappa shape index (κ1) is 22.4. The zero-order valence-corrected chi connectivity index (χ0v) is 17.0. The zero-order valence-electron chi connectivity index (χ0n) is 17.0. The van der Waals surface area contributed by atoms with Crippen molar-refractivity contribution in [1.29, 1.82) is 0 Å². The van der Waals surface area contributed by atoms with Gasteiger partial charge in [0.2, 0.25) is 11.8 Å². The lowest BCUT2D eigenvalue weighted by Gasteiger charge is -2.23. The van der Waals surface area contributed by atoms with Crippen molar-refractivity contribution < 1.29 is 14.4 Å². The number of rotatable bonds is 8. The van der Waals surface area contributed by atoms with Crippen LogP contribution in [0.5, 0.6) is 0 Å². The molecule has 1 aromatic rings. The Morgan fingerprint density at radius 1 is 1.22 bits per heavy atom. The third-order valence-corrected chi connectivity index (χ3v) is 4.38. The molecule has 0 atom stereocenters. The number of nitrogens with one attached hydrogen (secondary N) is 1. The number of aryl methyl sites for hydroxylation is 1. The van der Waals surface area contributed by atoms with Gasteiger partial charge in [0.1, 0.15) is 0 Å². The van der Waals surface area contributed by atoms with Gasteiger partial charge in [0.25, 0.3) is 0 Å². The molecule has 0 unspecified atom stereocenters. The Balaban J connectivity index is 2.69. The maximum atomic E-state index is 12.4. The fraction of sp³-hybridized carbons (Fsp3) is 0.500. The molecule has 0 saturated heterocycles. The summed E-state index contributed by atoms with van der Waals surface area (Å²) >= 11 is 0. The van der Waals surface area contributed by atoms with Crippen LogP contribution in [0.4, 0.5) is 5.69 Å². The van der Waals surface area contributed by atoms with Crippen molar-refractivity contribution >= 4 is 23.4 Å². The highest BCUT2D eigenvalue weighted by atomic mass is 16.2. The monoisotopic (exact) mass is 370 g/mol. The van der Waals surface area contributed by atoms with Crippen LogP contribution in [0.15, 0.2) is 24.3 Å². The normalized spacial score (nSPS) is 10.6. The predicted octanol–water partition coefficient (Wildman–Crippen LogP) is 3.78. The summed E-state index contributed by atoms with van der Waals surface area (Å²) in [4.78, 5) is 37.1. The van der Waals surface area contributed by atoms with Crippen LogP contribution in [0.1, 0.15) is 59.4 Å². The van der Waals surface area contributed by atoms with Crippen LogP contribution < -0.4 is 5.32 Å². The minimum Gasteiger partial charge on any atom is -0.326 e. The molecule has 0 aromatic heterocycles. The fourth-order valence-electron chi connectivity index (χ4n) is 2.86. The third-order valence-electron chi connectivity index (χ3n) is 4.38. The van der Waals surface area contributed by atoms with Crippen LogP contribution in [0.2, 0.25) is 0 Å². The van der Waals surface area contributed by atoms with Crippen LogP contribution in [0, 0.1) is 17.3 Å². The molecular weight excluding hydrogens is 340 g/mol. The fourth-order valence-corrected chi connectivity index (χ4v) is 2.86. The summed E-state index contributed by atoms with van der Waals surface area (Å²) < 4.78 is 0. The molecular formula is C22H30N2O3. The second kappa shape index (κ2) is 10.5. The molecule has 0 bridgehead atoms. The number of nitrogens with zero attached hydrogens (tertiary/aromatic N) is 1. The molecule has 0 aliphatic heterocycles. The van der Waals surface area contributed by atoms with Crippen molar-refractivity contribution in [2.75, 3.05) is 11.9 Å². The topological polar surface area (TPSA) is 66.5 Å². The van der Waals surface area contributed by atoms with Gasteiger partial charge in [-0.2, -0.15) is 0 Å². The first-order chi connectivity index (χ1) is 12.7. The average Bonchev–Trinajstić information content (AvgIpc) is 2.58. The van der Waals surface area contributed by atoms with E-state index < -0.39 is 11.3 Å². The summed E-state index contributed by atoms with van der Waals surface area (Å²) in [6.45, 7) is 9.21. The molecule has 3 amide bonds. The molecule has 0 spiro atoms. The Morgan fingerprint density at radius 3 is 2.52 bits per heavy atom. The van der Waals surface area contributed by atoms with Crippen LogP contribution in [0.25, 0.3) is 0 Å². The highest BCUT2D eigenvalue weighted by Gasteiger charge is 2.26. The van der Waals surface area contributed by atoms with E-state index in [4.69, 9.17) is 0 Å². The van der Waals surface area contributed by atoms with Crippen molar-refractivity contribution in [3.8, 4) is 11.8 Å². The summed E-state index contributed by atoms with van der Waals surface area (Å²) in [5.41, 5.74) is 1.39. The quantitative estimate of drug-likeness (QED) is 0.708. The van der Waals surface area contributed by atoms with Crippen molar-refractivity contribution in [1.82, 2.24) is 4.90 Å². The molecule has 5 heteroatoms. The van der Waals surface area contributed by atoms with E-state index in [1.165, 1.54) is 6.92 Å². The second-order valence-corrected chi connectivity index (χ2v) is 7.24. The van der Waals surface area contributed by atoms with Gasteiger partial charge in [-0.25, -0.2) is 0 Å². The van der Waals surface area contributed by atoms with E-state index in [0.717, 1.165) is 29.0 Å². The Bertz CT molecular complexity index is 741. The lowest BCUT2D eigenvalue weighted by molar-refractivity contribution is -0.140. The number of benzene rings is 1. The molecule has 0 fully saturated rings. The lowest BCUT2D eigenvalue weighted by Crippen LogP contribution is -2.35. The van der Waals surface area contributed by atoms with E-state index in [0.29, 0.717) is 19.4 Å². The molecule has 27 heavy (non-hydrogen) atoms. The van der Waals surface area contributed by atoms with Gasteiger partial charge in [-0.15, -0.1) is 0 Å². The molecule has 0 heterocycles. The highest BCUT2D eigenvalue weighted by Crippen LogP contribution is 2.24. The molecule has 5 nitrogen and oxygen atoms in total. The summed E-state index contributed by atoms with van der Waals surface area (Å²) in [7, 11) is 0. The number of anilines is 1. The van der Waals surface area contributed by atoms with Gasteiger partial charge < -0.3 is 5.32 Å². The summed E-state index contributed by atoms with van der Waals surface area (Å²) in [5, 5.41) is 2.98. The number of amides is 3. The Kier molecular flexibility index (Phi) is 8.74. The minimum atomic E-state index is -0.468. The molecule has 0 saturated carbocycles. The molecule has 1 aromatic carbocycles. The van der Waals surface area contributed by atoms with E-state index in [2.05, 4.69) is 24.1 Å². The van der Waals surface area contributed by atoms with Crippen molar-refractivity contribution in [3.63, 3.8) is 0 Å². The standard InChI is InChI=1S/C22H30N2O3/c1-6-10-20(26)24(17(3)25)15-9-12-18-11-8-13-19(16-18)23-21(27)22(4,5)14-7-2/h8,11,13,16H,7,9,12,14-15H2,1-5H3,(H,23,27). The van der Waals surface area contributed by atoms with Crippen molar-refractivity contribution in [2.24, 2.45) is 5.41 Å². The SMILES string of the molecule is CC#CC(=O)N(CCCc1cccc(NC(=O)C(C)(C)CCC)c1)C(C)=O. The second-order valence-electron chi connectivity index (χ2n) is 7.24. The molecule has 146 valence electrons. The molecule has 0 aliphatic carbocycles. The maximum absolute atomic E-state index is 12.4. The average molecular weight is 370 g/mol. The van der Waals surface area contributed by atoms with E-state index in [9.17, 15) is 14.4 Å². The summed E-state index contributed by atoms with van der Waals surface area (Å²) in [5.74, 6) is 4.16. The number of hydrogen-bond acceptors (Lipinski definition) is 3. The van der Waals surface area contributed by atoms with E-state index in [1.807, 2.05) is 38.1 Å². The van der Waals surface area contributed by atoms with Crippen LogP contribution in [-0.4, -0.2) is 29.2 Å². The van der Waals surface area contributed by atoms with E-state index in [-0.39, 0.29) is 11.8 Å². The van der Waals surface area contributed by atoms with Crippen LogP contribution in [0.3, 0.4) is 0 Å². The minimum absolute atomic E-state index is 0.00740. The largest absolute Gasteiger partial charge is 0.326 e. The Labute approximate surface area is 162 Å². The Hall–Kier alpha value is -2.61. The maximum Gasteiger partial charge on any atom is 0.305 e. The molecule has 1 rings (SSSR count). The predicted molar refractivity (Wildman–Crippen MR) is 108 cm³/mol. The molecule has 0 radical (unpaired) electrons. The van der Waals surface area contributed by atoms with Gasteiger partial charge in [0.05, 0.1) is 0 Å². The Morgan fingerprint density at radius 2 is 1.93 bits per heavy atom. The lowest BCUT2D eigenvalue weighted by atomic mass is 9.87. The summed E-state index contributed by atoms with van der Waals surface area (Å²) in [6.07, 6.45) is 3.11. The van der Waals surface area contributed by atoms with Crippen molar-refractivity contribution in [2.45, 2.75) is 60.3 Å². The third kappa shape index (κ3) is 7.26. The van der Waals surface area contributed by atoms with Gasteiger partial charge >= 0.3 is 5.91 Å². The number of hydrogen-bond donors (Lipinski definition) is 1.